The van der Waals surface area contributed by atoms with E-state index in [1.165, 1.54) is 0 Å². The molecular weight excluding hydrogens is 352 g/mol. The van der Waals surface area contributed by atoms with Gasteiger partial charge in [0.2, 0.25) is 5.91 Å². The topological polar surface area (TPSA) is 50.8 Å². The quantitative estimate of drug-likeness (QED) is 0.881. The number of para-hydroxylation sites is 1. The molecule has 0 radical (unpaired) electrons. The molecule has 0 fully saturated rings. The van der Waals surface area contributed by atoms with Crippen LogP contribution in [0.4, 0.5) is 5.69 Å². The summed E-state index contributed by atoms with van der Waals surface area (Å²) < 4.78 is 11.8. The Morgan fingerprint density at radius 3 is 2.93 bits per heavy atom. The second kappa shape index (κ2) is 5.64. The fourth-order valence-corrected chi connectivity index (χ4v) is 4.79. The number of nitrogens with one attached hydrogen (secondary N) is 1. The first-order valence-corrected chi connectivity index (χ1v) is 9.71. The third kappa shape index (κ3) is 1.99. The number of ether oxygens (including phenoxy) is 2. The highest BCUT2D eigenvalue weighted by atomic mass is 16.5. The van der Waals surface area contributed by atoms with Gasteiger partial charge >= 0.3 is 0 Å². The zero-order valence-electron chi connectivity index (χ0n) is 15.4. The summed E-state index contributed by atoms with van der Waals surface area (Å²) in [6.45, 7) is 2.35. The summed E-state index contributed by atoms with van der Waals surface area (Å²) in [7, 11) is 0. The van der Waals surface area contributed by atoms with Crippen molar-refractivity contribution in [2.24, 2.45) is 0 Å². The standard InChI is InChI=1S/C23H20N2O3/c26-22-23(14-28-21-12-20-15(8-10-27-20)11-18(21)23)17-6-1-2-7-19(17)25(22)13-16-5-3-4-9-24-16/h1-7,11-12,24H,8-10,13-14H2. The Balaban J connectivity index is 1.50. The zero-order chi connectivity index (χ0) is 18.7. The molecule has 2 aromatic rings. The summed E-state index contributed by atoms with van der Waals surface area (Å²) >= 11 is 0. The van der Waals surface area contributed by atoms with Crippen LogP contribution in [-0.4, -0.2) is 32.2 Å². The van der Waals surface area contributed by atoms with E-state index in [4.69, 9.17) is 9.47 Å². The molecule has 4 aliphatic heterocycles. The van der Waals surface area contributed by atoms with Crippen molar-refractivity contribution in [2.45, 2.75) is 11.8 Å². The molecule has 1 amide bonds. The zero-order valence-corrected chi connectivity index (χ0v) is 15.4. The van der Waals surface area contributed by atoms with Crippen molar-refractivity contribution >= 4 is 11.6 Å². The molecule has 4 heterocycles. The van der Waals surface area contributed by atoms with Crippen LogP contribution < -0.4 is 19.7 Å². The normalized spacial score (nSPS) is 23.6. The average molecular weight is 372 g/mol. The lowest BCUT2D eigenvalue weighted by Crippen LogP contribution is -2.44. The van der Waals surface area contributed by atoms with Gasteiger partial charge in [-0.15, -0.1) is 0 Å². The molecule has 28 heavy (non-hydrogen) atoms. The minimum atomic E-state index is -0.769. The molecule has 4 aliphatic rings. The Morgan fingerprint density at radius 1 is 1.11 bits per heavy atom. The highest BCUT2D eigenvalue weighted by Crippen LogP contribution is 2.53. The van der Waals surface area contributed by atoms with E-state index in [1.807, 2.05) is 41.3 Å². The van der Waals surface area contributed by atoms with Gasteiger partial charge in [-0.3, -0.25) is 4.79 Å². The van der Waals surface area contributed by atoms with E-state index in [9.17, 15) is 4.79 Å². The minimum Gasteiger partial charge on any atom is -0.493 e. The second-order valence-corrected chi connectivity index (χ2v) is 7.66. The van der Waals surface area contributed by atoms with Gasteiger partial charge in [-0.1, -0.05) is 30.4 Å². The SMILES string of the molecule is O=C1N(CC2=CC=CCN2)c2ccccc2C12COc1cc3c(cc12)CCO3. The predicted molar refractivity (Wildman–Crippen MR) is 106 cm³/mol. The summed E-state index contributed by atoms with van der Waals surface area (Å²) in [6.07, 6.45) is 7.01. The van der Waals surface area contributed by atoms with Crippen molar-refractivity contribution in [3.8, 4) is 11.5 Å². The van der Waals surface area contributed by atoms with E-state index in [-0.39, 0.29) is 5.91 Å². The Labute approximate surface area is 163 Å². The number of rotatable bonds is 2. The average Bonchev–Trinajstić information content (AvgIpc) is 3.40. The number of carbonyl (C=O) groups excluding carboxylic acids is 1. The van der Waals surface area contributed by atoms with Crippen LogP contribution in [0.15, 0.2) is 60.3 Å². The van der Waals surface area contributed by atoms with Crippen LogP contribution in [-0.2, 0) is 16.6 Å². The van der Waals surface area contributed by atoms with Crippen LogP contribution in [0.3, 0.4) is 0 Å². The molecule has 0 aliphatic carbocycles. The van der Waals surface area contributed by atoms with Crippen LogP contribution in [0.25, 0.3) is 0 Å². The van der Waals surface area contributed by atoms with Gasteiger partial charge in [0.1, 0.15) is 23.5 Å². The van der Waals surface area contributed by atoms with Crippen LogP contribution in [0.1, 0.15) is 16.7 Å². The summed E-state index contributed by atoms with van der Waals surface area (Å²) in [5, 5.41) is 3.36. The summed E-state index contributed by atoms with van der Waals surface area (Å²) in [5.74, 6) is 1.74. The maximum absolute atomic E-state index is 13.9. The molecule has 2 aromatic carbocycles. The van der Waals surface area contributed by atoms with E-state index in [0.717, 1.165) is 52.5 Å². The number of amides is 1. The van der Waals surface area contributed by atoms with Crippen LogP contribution >= 0.6 is 0 Å². The monoisotopic (exact) mass is 372 g/mol. The minimum absolute atomic E-state index is 0.0866. The molecule has 1 atom stereocenters. The number of allylic oxidation sites excluding steroid dienone is 2. The molecule has 5 nitrogen and oxygen atoms in total. The van der Waals surface area contributed by atoms with Gasteiger partial charge in [0.05, 0.1) is 13.2 Å². The molecule has 0 saturated heterocycles. The fraction of sp³-hybridized carbons (Fsp3) is 0.261. The van der Waals surface area contributed by atoms with Crippen molar-refractivity contribution in [3.05, 3.63) is 77.0 Å². The molecule has 0 bridgehead atoms. The van der Waals surface area contributed by atoms with E-state index in [1.54, 1.807) is 0 Å². The Kier molecular flexibility index (Phi) is 3.19. The molecule has 0 aromatic heterocycles. The van der Waals surface area contributed by atoms with Gasteiger partial charge in [-0.25, -0.2) is 0 Å². The lowest BCUT2D eigenvalue weighted by molar-refractivity contribution is -0.122. The highest BCUT2D eigenvalue weighted by Gasteiger charge is 2.57. The maximum atomic E-state index is 13.9. The fourth-order valence-electron chi connectivity index (χ4n) is 4.79. The molecule has 5 heteroatoms. The number of nitrogens with zero attached hydrogens (tertiary/aromatic N) is 1. The van der Waals surface area contributed by atoms with Crippen molar-refractivity contribution in [2.75, 3.05) is 31.2 Å². The number of hydrogen-bond donors (Lipinski definition) is 1. The maximum Gasteiger partial charge on any atom is 0.246 e. The van der Waals surface area contributed by atoms with Crippen molar-refractivity contribution in [3.63, 3.8) is 0 Å². The highest BCUT2D eigenvalue weighted by molar-refractivity contribution is 6.11. The molecule has 0 saturated carbocycles. The number of hydrogen-bond acceptors (Lipinski definition) is 4. The molecule has 6 rings (SSSR count). The molecular formula is C23H20N2O3. The number of anilines is 1. The Morgan fingerprint density at radius 2 is 2.04 bits per heavy atom. The third-order valence-electron chi connectivity index (χ3n) is 6.17. The number of carbonyl (C=O) groups is 1. The van der Waals surface area contributed by atoms with Gasteiger partial charge in [0, 0.05) is 36.0 Å². The first kappa shape index (κ1) is 15.8. The Bertz CT molecular complexity index is 1070. The van der Waals surface area contributed by atoms with Gasteiger partial charge < -0.3 is 19.7 Å². The number of benzene rings is 2. The Hall–Kier alpha value is -3.21. The molecule has 1 spiro atoms. The first-order valence-electron chi connectivity index (χ1n) is 9.71. The lowest BCUT2D eigenvalue weighted by atomic mass is 9.76. The number of dihydropyridines is 1. The lowest BCUT2D eigenvalue weighted by Gasteiger charge is -2.25. The smallest absolute Gasteiger partial charge is 0.246 e. The second-order valence-electron chi connectivity index (χ2n) is 7.66. The van der Waals surface area contributed by atoms with E-state index in [0.29, 0.717) is 19.8 Å². The summed E-state index contributed by atoms with van der Waals surface area (Å²) in [4.78, 5) is 15.8. The van der Waals surface area contributed by atoms with Gasteiger partial charge in [-0.2, -0.15) is 0 Å². The summed E-state index contributed by atoms with van der Waals surface area (Å²) in [6, 6.07) is 12.2. The van der Waals surface area contributed by atoms with E-state index < -0.39 is 5.41 Å². The summed E-state index contributed by atoms with van der Waals surface area (Å²) in [5.41, 5.74) is 4.41. The molecule has 1 N–H and O–H groups in total. The van der Waals surface area contributed by atoms with Crippen molar-refractivity contribution in [1.82, 2.24) is 5.32 Å². The third-order valence-corrected chi connectivity index (χ3v) is 6.17. The largest absolute Gasteiger partial charge is 0.493 e. The van der Waals surface area contributed by atoms with Crippen LogP contribution in [0.2, 0.25) is 0 Å². The number of fused-ring (bicyclic) bond motifs is 5. The van der Waals surface area contributed by atoms with Gasteiger partial charge in [-0.05, 0) is 29.3 Å². The van der Waals surface area contributed by atoms with Crippen molar-refractivity contribution < 1.29 is 14.3 Å². The van der Waals surface area contributed by atoms with Crippen LogP contribution in [0, 0.1) is 0 Å². The van der Waals surface area contributed by atoms with Crippen LogP contribution in [0.5, 0.6) is 11.5 Å². The molecule has 1 unspecified atom stereocenters. The van der Waals surface area contributed by atoms with E-state index >= 15 is 0 Å². The van der Waals surface area contributed by atoms with Gasteiger partial charge in [0.25, 0.3) is 0 Å². The predicted octanol–water partition coefficient (Wildman–Crippen LogP) is 2.69. The molecule has 140 valence electrons. The first-order chi connectivity index (χ1) is 13.8. The van der Waals surface area contributed by atoms with E-state index in [2.05, 4.69) is 23.5 Å². The van der Waals surface area contributed by atoms with Crippen molar-refractivity contribution in [1.29, 1.82) is 0 Å². The van der Waals surface area contributed by atoms with Gasteiger partial charge in [0.15, 0.2) is 0 Å².